The van der Waals surface area contributed by atoms with Gasteiger partial charge < -0.3 is 21.0 Å². The number of rotatable bonds is 5. The number of phenolic OH excluding ortho intramolecular Hbond substituents is 1. The summed E-state index contributed by atoms with van der Waals surface area (Å²) in [5.41, 5.74) is 10.4. The average Bonchev–Trinajstić information content (AvgIpc) is 3.34. The first-order valence-electron chi connectivity index (χ1n) is 12.2. The number of amides is 1. The van der Waals surface area contributed by atoms with E-state index in [0.29, 0.717) is 40.9 Å². The second kappa shape index (κ2) is 8.87. The lowest BCUT2D eigenvalue weighted by Crippen LogP contribution is -2.44. The molecule has 5 rings (SSSR count). The van der Waals surface area contributed by atoms with Crippen molar-refractivity contribution in [1.29, 1.82) is 0 Å². The molecule has 0 saturated heterocycles. The second-order valence-electron chi connectivity index (χ2n) is 10.4. The lowest BCUT2D eigenvalue weighted by molar-refractivity contribution is -0.116. The minimum absolute atomic E-state index is 0.00922. The maximum atomic E-state index is 12.7. The number of carbonyl (C=O) groups is 1. The van der Waals surface area contributed by atoms with Crippen LogP contribution in [-0.4, -0.2) is 28.8 Å². The van der Waals surface area contributed by atoms with Gasteiger partial charge in [0.1, 0.15) is 12.9 Å². The Hall–Kier alpha value is -2.61. The van der Waals surface area contributed by atoms with E-state index >= 15 is 0 Å². The number of thiazole rings is 1. The molecular weight excluding hydrogens is 448 g/mol. The topological polar surface area (TPSA) is 110 Å². The number of nitrogens with two attached hydrogens (primary N) is 1. The van der Waals surface area contributed by atoms with Gasteiger partial charge in [-0.3, -0.25) is 4.79 Å². The lowest BCUT2D eigenvalue weighted by atomic mass is 9.54. The van der Waals surface area contributed by atoms with Gasteiger partial charge in [-0.2, -0.15) is 0 Å². The Morgan fingerprint density at radius 3 is 2.97 bits per heavy atom. The van der Waals surface area contributed by atoms with Gasteiger partial charge in [-0.05, 0) is 86.3 Å². The van der Waals surface area contributed by atoms with Crippen molar-refractivity contribution in [3.8, 4) is 5.75 Å². The number of aromatic nitrogens is 1. The number of aromatic hydroxyl groups is 1. The lowest BCUT2D eigenvalue weighted by Gasteiger charge is -2.50. The van der Waals surface area contributed by atoms with Crippen molar-refractivity contribution in [2.45, 2.75) is 64.7 Å². The minimum atomic E-state index is -0.00922. The van der Waals surface area contributed by atoms with E-state index in [1.54, 1.807) is 19.4 Å². The number of hydrogen-bond acceptors (Lipinski definition) is 7. The summed E-state index contributed by atoms with van der Waals surface area (Å²) in [5.74, 6) is 1.98. The second-order valence-corrected chi connectivity index (χ2v) is 11.6. The van der Waals surface area contributed by atoms with Crippen LogP contribution < -0.4 is 11.1 Å². The summed E-state index contributed by atoms with van der Waals surface area (Å²) in [7, 11) is 1.62. The van der Waals surface area contributed by atoms with Crippen molar-refractivity contribution >= 4 is 33.8 Å². The molecule has 3 aliphatic carbocycles. The summed E-state index contributed by atoms with van der Waals surface area (Å²) in [6.07, 6.45) is 8.02. The zero-order valence-corrected chi connectivity index (χ0v) is 21.0. The van der Waals surface area contributed by atoms with Gasteiger partial charge in [-0.25, -0.2) is 4.98 Å². The number of oxime groups is 1. The molecule has 1 aromatic carbocycles. The quantitative estimate of drug-likeness (QED) is 0.307. The molecule has 0 aliphatic heterocycles. The van der Waals surface area contributed by atoms with Gasteiger partial charge >= 0.3 is 0 Å². The summed E-state index contributed by atoms with van der Waals surface area (Å²) >= 11 is 1.50. The van der Waals surface area contributed by atoms with Crippen molar-refractivity contribution in [2.75, 3.05) is 18.2 Å². The zero-order chi connectivity index (χ0) is 24.0. The summed E-state index contributed by atoms with van der Waals surface area (Å²) in [4.78, 5) is 23.3. The molecule has 4 N–H and O–H groups in total. The smallest absolute Gasteiger partial charge is 0.226 e. The van der Waals surface area contributed by atoms with Gasteiger partial charge in [0.25, 0.3) is 0 Å². The van der Waals surface area contributed by atoms with Crippen LogP contribution in [0, 0.1) is 30.1 Å². The largest absolute Gasteiger partial charge is 0.506 e. The number of anilines is 2. The monoisotopic (exact) mass is 482 g/mol. The van der Waals surface area contributed by atoms with Crippen LogP contribution >= 0.6 is 11.3 Å². The van der Waals surface area contributed by atoms with Gasteiger partial charge in [0.05, 0.1) is 11.4 Å². The normalized spacial score (nSPS) is 31.0. The van der Waals surface area contributed by atoms with E-state index in [-0.39, 0.29) is 17.1 Å². The molecule has 1 heterocycles. The van der Waals surface area contributed by atoms with Crippen LogP contribution in [0.25, 0.3) is 0 Å². The van der Waals surface area contributed by atoms with Gasteiger partial charge in [0.15, 0.2) is 5.13 Å². The third-order valence-corrected chi connectivity index (χ3v) is 9.45. The molecular formula is C26H34N4O3S. The highest BCUT2D eigenvalue weighted by Crippen LogP contribution is 2.63. The molecule has 1 aromatic heterocycles. The predicted molar refractivity (Wildman–Crippen MR) is 135 cm³/mol. The van der Waals surface area contributed by atoms with Gasteiger partial charge in [-0.15, -0.1) is 11.3 Å². The molecule has 3 aliphatic rings. The van der Waals surface area contributed by atoms with Gasteiger partial charge in [-0.1, -0.05) is 18.1 Å². The standard InChI is InChI=1S/C26H34N4O3S/c1-14-13-28-25(34-14)29-22(32)9-4-15-12-21(30-33-3)26(2)11-10-17-16-7-8-20(31)24(27)19(16)6-5-18(17)23(15)26/h7-8,13,15,17-18,23,31H,4-6,9-12,27H2,1-3H3,(H,28,29,32)/t15-,17?,18?,23?,26-/m1/s1. The Morgan fingerprint density at radius 1 is 1.41 bits per heavy atom. The van der Waals surface area contributed by atoms with Crippen molar-refractivity contribution < 1.29 is 14.7 Å². The Balaban J connectivity index is 1.39. The van der Waals surface area contributed by atoms with Crippen LogP contribution in [0.15, 0.2) is 23.5 Å². The number of fused-ring (bicyclic) bond motifs is 5. The van der Waals surface area contributed by atoms with Crippen LogP contribution in [0.3, 0.4) is 0 Å². The minimum Gasteiger partial charge on any atom is -0.506 e. The van der Waals surface area contributed by atoms with Gasteiger partial charge in [0.2, 0.25) is 5.91 Å². The van der Waals surface area contributed by atoms with Crippen LogP contribution in [0.4, 0.5) is 10.8 Å². The van der Waals surface area contributed by atoms with Crippen molar-refractivity contribution in [2.24, 2.45) is 28.3 Å². The molecule has 8 heteroatoms. The molecule has 7 nitrogen and oxygen atoms in total. The predicted octanol–water partition coefficient (Wildman–Crippen LogP) is 5.24. The van der Waals surface area contributed by atoms with Gasteiger partial charge in [0, 0.05) is 22.9 Å². The number of carbonyl (C=O) groups excluding carboxylic acids is 1. The molecule has 2 aromatic rings. The molecule has 34 heavy (non-hydrogen) atoms. The van der Waals surface area contributed by atoms with E-state index in [4.69, 9.17) is 10.6 Å². The molecule has 5 atom stereocenters. The van der Waals surface area contributed by atoms with Crippen LogP contribution in [0.2, 0.25) is 0 Å². The van der Waals surface area contributed by atoms with E-state index in [1.165, 1.54) is 16.9 Å². The molecule has 0 radical (unpaired) electrons. The first-order valence-corrected chi connectivity index (χ1v) is 13.1. The summed E-state index contributed by atoms with van der Waals surface area (Å²) in [5, 5.41) is 18.3. The number of nitrogens with zero attached hydrogens (tertiary/aromatic N) is 2. The Labute approximate surface area is 204 Å². The molecule has 3 unspecified atom stereocenters. The molecule has 0 spiro atoms. The molecule has 182 valence electrons. The fourth-order valence-corrected chi connectivity index (χ4v) is 7.87. The van der Waals surface area contributed by atoms with Crippen LogP contribution in [0.5, 0.6) is 5.75 Å². The third-order valence-electron chi connectivity index (χ3n) is 8.62. The van der Waals surface area contributed by atoms with Crippen molar-refractivity contribution in [3.05, 3.63) is 34.3 Å². The number of benzene rings is 1. The Bertz CT molecular complexity index is 1130. The maximum absolute atomic E-state index is 12.7. The summed E-state index contributed by atoms with van der Waals surface area (Å²) < 4.78 is 0. The molecule has 2 fully saturated rings. The highest BCUT2D eigenvalue weighted by atomic mass is 32.1. The van der Waals surface area contributed by atoms with E-state index in [9.17, 15) is 9.90 Å². The number of phenols is 1. The number of hydrogen-bond donors (Lipinski definition) is 3. The number of nitrogen functional groups attached to an aromatic ring is 1. The third kappa shape index (κ3) is 3.85. The van der Waals surface area contributed by atoms with Crippen molar-refractivity contribution in [3.63, 3.8) is 0 Å². The summed E-state index contributed by atoms with van der Waals surface area (Å²) in [6, 6.07) is 3.83. The van der Waals surface area contributed by atoms with E-state index < -0.39 is 0 Å². The van der Waals surface area contributed by atoms with E-state index in [2.05, 4.69) is 28.4 Å². The zero-order valence-electron chi connectivity index (χ0n) is 20.1. The Kier molecular flexibility index (Phi) is 6.04. The number of aryl methyl sites for hydroxylation is 1. The van der Waals surface area contributed by atoms with Crippen molar-refractivity contribution in [1.82, 2.24) is 4.98 Å². The average molecular weight is 483 g/mol. The first kappa shape index (κ1) is 23.1. The highest BCUT2D eigenvalue weighted by molar-refractivity contribution is 7.15. The maximum Gasteiger partial charge on any atom is 0.226 e. The SMILES string of the molecule is CON=C1C[C@@H](CCC(=O)Nc2ncc(C)s2)C2C3CCc4c(ccc(O)c4N)C3CC[C@]12C. The highest BCUT2D eigenvalue weighted by Gasteiger charge is 2.57. The molecule has 2 saturated carbocycles. The van der Waals surface area contributed by atoms with Crippen LogP contribution in [0.1, 0.15) is 67.4 Å². The Morgan fingerprint density at radius 2 is 2.24 bits per heavy atom. The first-order chi connectivity index (χ1) is 16.3. The fourth-order valence-electron chi connectivity index (χ4n) is 7.19. The fraction of sp³-hybridized carbons (Fsp3) is 0.577. The number of nitrogens with one attached hydrogen (secondary N) is 1. The van der Waals surface area contributed by atoms with E-state index in [1.807, 2.05) is 6.92 Å². The summed E-state index contributed by atoms with van der Waals surface area (Å²) in [6.45, 7) is 4.34. The molecule has 1 amide bonds. The van der Waals surface area contributed by atoms with Crippen LogP contribution in [-0.2, 0) is 16.1 Å². The van der Waals surface area contributed by atoms with E-state index in [0.717, 1.165) is 54.7 Å². The molecule has 0 bridgehead atoms.